The summed E-state index contributed by atoms with van der Waals surface area (Å²) in [6.07, 6.45) is 4.97. The van der Waals surface area contributed by atoms with E-state index in [1.54, 1.807) is 12.1 Å². The van der Waals surface area contributed by atoms with Crippen molar-refractivity contribution in [3.05, 3.63) is 33.8 Å². The zero-order valence-corrected chi connectivity index (χ0v) is 9.31. The number of Topliss-reactive ketones (excluding diaryl/α,β-unsaturated/α-hetero) is 1. The van der Waals surface area contributed by atoms with Crippen molar-refractivity contribution in [3.8, 4) is 12.3 Å². The van der Waals surface area contributed by atoms with E-state index in [1.807, 2.05) is 0 Å². The van der Waals surface area contributed by atoms with Crippen molar-refractivity contribution in [3.63, 3.8) is 0 Å². The van der Waals surface area contributed by atoms with Gasteiger partial charge in [0.15, 0.2) is 5.78 Å². The summed E-state index contributed by atoms with van der Waals surface area (Å²) in [4.78, 5) is 11.5. The third-order valence-electron chi connectivity index (χ3n) is 1.66. The predicted octanol–water partition coefficient (Wildman–Crippen LogP) is 2.83. The smallest absolute Gasteiger partial charge is 0.188 e. The Morgan fingerprint density at radius 1 is 1.40 bits per heavy atom. The summed E-state index contributed by atoms with van der Waals surface area (Å²) in [5, 5.41) is 0.761. The molecular weight excluding hydrogens is 235 g/mol. The van der Waals surface area contributed by atoms with E-state index >= 15 is 0 Å². The predicted molar refractivity (Wildman–Crippen MR) is 60.4 cm³/mol. The van der Waals surface area contributed by atoms with Crippen LogP contribution in [-0.2, 0) is 4.74 Å². The zero-order valence-electron chi connectivity index (χ0n) is 7.80. The number of ketones is 1. The van der Waals surface area contributed by atoms with Gasteiger partial charge in [0.05, 0.1) is 10.0 Å². The lowest BCUT2D eigenvalue weighted by Crippen LogP contribution is -2.09. The van der Waals surface area contributed by atoms with E-state index in [1.165, 1.54) is 6.07 Å². The fourth-order valence-electron chi connectivity index (χ4n) is 0.956. The molecule has 15 heavy (non-hydrogen) atoms. The second-order valence-corrected chi connectivity index (χ2v) is 3.56. The average molecular weight is 243 g/mol. The Kier molecular flexibility index (Phi) is 4.64. The first-order valence-electron chi connectivity index (χ1n) is 4.14. The van der Waals surface area contributed by atoms with Gasteiger partial charge in [0.2, 0.25) is 0 Å². The largest absolute Gasteiger partial charge is 0.361 e. The van der Waals surface area contributed by atoms with E-state index in [2.05, 4.69) is 5.92 Å². The first-order valence-corrected chi connectivity index (χ1v) is 4.90. The molecule has 0 heterocycles. The van der Waals surface area contributed by atoms with Crippen molar-refractivity contribution >= 4 is 29.0 Å². The second kappa shape index (κ2) is 5.77. The van der Waals surface area contributed by atoms with Gasteiger partial charge in [0.1, 0.15) is 13.2 Å². The number of hydrogen-bond donors (Lipinski definition) is 0. The Morgan fingerprint density at radius 2 is 2.13 bits per heavy atom. The van der Waals surface area contributed by atoms with Gasteiger partial charge in [0, 0.05) is 5.56 Å². The third-order valence-corrected chi connectivity index (χ3v) is 2.40. The monoisotopic (exact) mass is 242 g/mol. The Bertz CT molecular complexity index is 408. The second-order valence-electron chi connectivity index (χ2n) is 2.75. The SMILES string of the molecule is C#CCOCC(=O)c1ccc(Cl)c(Cl)c1. The molecule has 0 aliphatic rings. The minimum atomic E-state index is -0.177. The summed E-state index contributed by atoms with van der Waals surface area (Å²) in [7, 11) is 0. The van der Waals surface area contributed by atoms with Crippen LogP contribution in [0.3, 0.4) is 0 Å². The third kappa shape index (κ3) is 3.56. The van der Waals surface area contributed by atoms with E-state index in [0.717, 1.165) is 0 Å². The van der Waals surface area contributed by atoms with Gasteiger partial charge in [-0.05, 0) is 18.2 Å². The van der Waals surface area contributed by atoms with Gasteiger partial charge in [0.25, 0.3) is 0 Å². The average Bonchev–Trinajstić information content (AvgIpc) is 2.22. The molecule has 0 atom stereocenters. The molecule has 0 saturated heterocycles. The fourth-order valence-corrected chi connectivity index (χ4v) is 1.25. The number of hydrogen-bond acceptors (Lipinski definition) is 2. The van der Waals surface area contributed by atoms with Crippen molar-refractivity contribution < 1.29 is 9.53 Å². The van der Waals surface area contributed by atoms with E-state index in [0.29, 0.717) is 15.6 Å². The molecular formula is C11H8Cl2O2. The van der Waals surface area contributed by atoms with Gasteiger partial charge < -0.3 is 4.74 Å². The Hall–Kier alpha value is -1.01. The Balaban J connectivity index is 2.67. The molecule has 1 aromatic carbocycles. The Labute approximate surface area is 98.1 Å². The number of carbonyl (C=O) groups excluding carboxylic acids is 1. The van der Waals surface area contributed by atoms with Crippen LogP contribution in [0, 0.1) is 12.3 Å². The van der Waals surface area contributed by atoms with E-state index in [4.69, 9.17) is 34.4 Å². The van der Waals surface area contributed by atoms with E-state index < -0.39 is 0 Å². The van der Waals surface area contributed by atoms with Crippen LogP contribution >= 0.6 is 23.2 Å². The highest BCUT2D eigenvalue weighted by atomic mass is 35.5. The number of carbonyl (C=O) groups is 1. The van der Waals surface area contributed by atoms with Crippen LogP contribution in [0.5, 0.6) is 0 Å². The van der Waals surface area contributed by atoms with Crippen molar-refractivity contribution in [2.24, 2.45) is 0 Å². The highest BCUT2D eigenvalue weighted by Crippen LogP contribution is 2.22. The van der Waals surface area contributed by atoms with Crippen LogP contribution in [-0.4, -0.2) is 19.0 Å². The lowest BCUT2D eigenvalue weighted by Gasteiger charge is -2.02. The first kappa shape index (κ1) is 12.1. The summed E-state index contributed by atoms with van der Waals surface area (Å²) < 4.78 is 4.91. The van der Waals surface area contributed by atoms with Crippen LogP contribution in [0.25, 0.3) is 0 Å². The van der Waals surface area contributed by atoms with Gasteiger partial charge >= 0.3 is 0 Å². The molecule has 1 aromatic rings. The molecule has 0 fully saturated rings. The standard InChI is InChI=1S/C11H8Cl2O2/c1-2-5-15-7-11(14)8-3-4-9(12)10(13)6-8/h1,3-4,6H,5,7H2. The van der Waals surface area contributed by atoms with Crippen LogP contribution < -0.4 is 0 Å². The molecule has 0 bridgehead atoms. The fraction of sp³-hybridized carbons (Fsp3) is 0.182. The normalized spacial score (nSPS) is 9.67. The summed E-state index contributed by atoms with van der Waals surface area (Å²) in [6.45, 7) is 0.0647. The van der Waals surface area contributed by atoms with Crippen molar-refractivity contribution in [1.82, 2.24) is 0 Å². The molecule has 0 saturated carbocycles. The summed E-state index contributed by atoms with van der Waals surface area (Å²) in [5.74, 6) is 2.10. The minimum Gasteiger partial charge on any atom is -0.361 e. The van der Waals surface area contributed by atoms with Gasteiger partial charge in [-0.2, -0.15) is 0 Å². The molecule has 0 aliphatic carbocycles. The highest BCUT2D eigenvalue weighted by Gasteiger charge is 2.07. The molecule has 0 radical (unpaired) electrons. The number of benzene rings is 1. The van der Waals surface area contributed by atoms with Crippen molar-refractivity contribution in [2.75, 3.05) is 13.2 Å². The number of rotatable bonds is 4. The maximum atomic E-state index is 11.5. The lowest BCUT2D eigenvalue weighted by atomic mass is 10.1. The van der Waals surface area contributed by atoms with Gasteiger partial charge in [-0.15, -0.1) is 6.42 Å². The van der Waals surface area contributed by atoms with E-state index in [-0.39, 0.29) is 19.0 Å². The molecule has 78 valence electrons. The quantitative estimate of drug-likeness (QED) is 0.461. The lowest BCUT2D eigenvalue weighted by molar-refractivity contribution is 0.0812. The molecule has 0 N–H and O–H groups in total. The maximum Gasteiger partial charge on any atom is 0.188 e. The van der Waals surface area contributed by atoms with Crippen LogP contribution in [0.1, 0.15) is 10.4 Å². The van der Waals surface area contributed by atoms with Crippen molar-refractivity contribution in [2.45, 2.75) is 0 Å². The molecule has 0 amide bonds. The van der Waals surface area contributed by atoms with Crippen molar-refractivity contribution in [1.29, 1.82) is 0 Å². The van der Waals surface area contributed by atoms with Gasteiger partial charge in [-0.3, -0.25) is 4.79 Å². The summed E-state index contributed by atoms with van der Waals surface area (Å²) in [5.41, 5.74) is 0.460. The van der Waals surface area contributed by atoms with E-state index in [9.17, 15) is 4.79 Å². The summed E-state index contributed by atoms with van der Waals surface area (Å²) >= 11 is 11.5. The Morgan fingerprint density at radius 3 is 2.73 bits per heavy atom. The molecule has 0 unspecified atom stereocenters. The molecule has 4 heteroatoms. The van der Waals surface area contributed by atoms with Gasteiger partial charge in [-0.1, -0.05) is 29.1 Å². The highest BCUT2D eigenvalue weighted by molar-refractivity contribution is 6.42. The summed E-state index contributed by atoms with van der Waals surface area (Å²) in [6, 6.07) is 4.67. The van der Waals surface area contributed by atoms with Crippen LogP contribution in [0.2, 0.25) is 10.0 Å². The molecule has 1 rings (SSSR count). The van der Waals surface area contributed by atoms with Gasteiger partial charge in [-0.25, -0.2) is 0 Å². The molecule has 0 aromatic heterocycles. The topological polar surface area (TPSA) is 26.3 Å². The molecule has 0 aliphatic heterocycles. The molecule has 2 nitrogen and oxygen atoms in total. The van der Waals surface area contributed by atoms with Crippen LogP contribution in [0.15, 0.2) is 18.2 Å². The number of halogens is 2. The van der Waals surface area contributed by atoms with Crippen LogP contribution in [0.4, 0.5) is 0 Å². The minimum absolute atomic E-state index is 0.0534. The number of terminal acetylenes is 1. The maximum absolute atomic E-state index is 11.5. The number of ether oxygens (including phenoxy) is 1. The first-order chi connectivity index (χ1) is 7.15. The molecule has 0 spiro atoms. The zero-order chi connectivity index (χ0) is 11.3.